The first-order chi connectivity index (χ1) is 11.4. The van der Waals surface area contributed by atoms with Gasteiger partial charge in [0.2, 0.25) is 0 Å². The Morgan fingerprint density at radius 1 is 0.957 bits per heavy atom. The van der Waals surface area contributed by atoms with Crippen LogP contribution in [0.4, 0.5) is 0 Å². The van der Waals surface area contributed by atoms with E-state index in [-0.39, 0.29) is 6.29 Å². The van der Waals surface area contributed by atoms with Crippen molar-refractivity contribution in [2.24, 2.45) is 5.92 Å². The normalized spacial score (nSPS) is 20.9. The third-order valence-electron chi connectivity index (χ3n) is 4.46. The molecule has 0 aliphatic carbocycles. The van der Waals surface area contributed by atoms with Crippen LogP contribution in [-0.2, 0) is 14.2 Å². The molecular weight excluding hydrogens is 294 g/mol. The molecule has 1 aromatic rings. The minimum atomic E-state index is 0.0449. The fourth-order valence-electron chi connectivity index (χ4n) is 3.13. The molecule has 2 aliphatic rings. The van der Waals surface area contributed by atoms with Crippen LogP contribution in [0.3, 0.4) is 0 Å². The lowest BCUT2D eigenvalue weighted by Crippen LogP contribution is -2.39. The van der Waals surface area contributed by atoms with Crippen LogP contribution in [0.15, 0.2) is 30.3 Å². The van der Waals surface area contributed by atoms with E-state index in [9.17, 15) is 0 Å². The SMILES string of the molecule is c1ccc(OCCOCCN2CCC(C3OCCO3)CC2)cc1. The number of piperidine rings is 1. The van der Waals surface area contributed by atoms with Gasteiger partial charge >= 0.3 is 0 Å². The number of likely N-dealkylation sites (tertiary alicyclic amines) is 1. The van der Waals surface area contributed by atoms with Crippen LogP contribution >= 0.6 is 0 Å². The summed E-state index contributed by atoms with van der Waals surface area (Å²) >= 11 is 0. The Hall–Kier alpha value is -1.14. The first kappa shape index (κ1) is 16.7. The van der Waals surface area contributed by atoms with E-state index in [4.69, 9.17) is 18.9 Å². The number of hydrogen-bond acceptors (Lipinski definition) is 5. The third-order valence-corrected chi connectivity index (χ3v) is 4.46. The van der Waals surface area contributed by atoms with Crippen LogP contribution < -0.4 is 4.74 Å². The van der Waals surface area contributed by atoms with E-state index in [2.05, 4.69) is 4.90 Å². The average molecular weight is 321 g/mol. The summed E-state index contributed by atoms with van der Waals surface area (Å²) in [5, 5.41) is 0. The van der Waals surface area contributed by atoms with Gasteiger partial charge in [-0.2, -0.15) is 0 Å². The Morgan fingerprint density at radius 3 is 2.43 bits per heavy atom. The molecule has 2 fully saturated rings. The molecule has 3 rings (SSSR count). The Balaban J connectivity index is 1.20. The minimum absolute atomic E-state index is 0.0449. The highest BCUT2D eigenvalue weighted by Crippen LogP contribution is 2.25. The van der Waals surface area contributed by atoms with E-state index < -0.39 is 0 Å². The molecule has 128 valence electrons. The molecule has 0 saturated carbocycles. The standard InChI is InChI=1S/C18H27NO4/c1-2-4-17(5-3-1)21-13-12-20-11-10-19-8-6-16(7-9-19)18-22-14-15-23-18/h1-5,16,18H,6-15H2. The second-order valence-corrected chi connectivity index (χ2v) is 6.06. The number of rotatable bonds is 8. The van der Waals surface area contributed by atoms with E-state index in [1.165, 1.54) is 0 Å². The van der Waals surface area contributed by atoms with Crippen molar-refractivity contribution in [3.8, 4) is 5.75 Å². The van der Waals surface area contributed by atoms with E-state index in [0.717, 1.165) is 58.0 Å². The summed E-state index contributed by atoms with van der Waals surface area (Å²) in [6.07, 6.45) is 2.35. The highest BCUT2D eigenvalue weighted by molar-refractivity contribution is 5.20. The number of benzene rings is 1. The minimum Gasteiger partial charge on any atom is -0.491 e. The van der Waals surface area contributed by atoms with E-state index in [0.29, 0.717) is 19.1 Å². The summed E-state index contributed by atoms with van der Waals surface area (Å²) in [6.45, 7) is 6.71. The van der Waals surface area contributed by atoms with Gasteiger partial charge in [-0.3, -0.25) is 0 Å². The fourth-order valence-corrected chi connectivity index (χ4v) is 3.13. The van der Waals surface area contributed by atoms with Crippen LogP contribution in [0.5, 0.6) is 5.75 Å². The monoisotopic (exact) mass is 321 g/mol. The lowest BCUT2D eigenvalue weighted by molar-refractivity contribution is -0.0981. The van der Waals surface area contributed by atoms with Gasteiger partial charge in [0.15, 0.2) is 6.29 Å². The van der Waals surface area contributed by atoms with E-state index in [1.54, 1.807) is 0 Å². The molecule has 0 N–H and O–H groups in total. The number of hydrogen-bond donors (Lipinski definition) is 0. The molecule has 5 heteroatoms. The summed E-state index contributed by atoms with van der Waals surface area (Å²) in [6, 6.07) is 9.85. The Bertz CT molecular complexity index is 428. The fraction of sp³-hybridized carbons (Fsp3) is 0.667. The van der Waals surface area contributed by atoms with Gasteiger partial charge in [0.05, 0.1) is 26.4 Å². The van der Waals surface area contributed by atoms with Crippen LogP contribution in [0.2, 0.25) is 0 Å². The highest BCUT2D eigenvalue weighted by Gasteiger charge is 2.30. The van der Waals surface area contributed by atoms with Crippen molar-refractivity contribution < 1.29 is 18.9 Å². The maximum absolute atomic E-state index is 5.67. The Morgan fingerprint density at radius 2 is 1.70 bits per heavy atom. The van der Waals surface area contributed by atoms with Crippen LogP contribution in [-0.4, -0.2) is 63.9 Å². The van der Waals surface area contributed by atoms with Crippen LogP contribution in [0, 0.1) is 5.92 Å². The largest absolute Gasteiger partial charge is 0.491 e. The summed E-state index contributed by atoms with van der Waals surface area (Å²) in [4.78, 5) is 2.46. The molecule has 1 aromatic carbocycles. The van der Waals surface area contributed by atoms with Gasteiger partial charge in [-0.1, -0.05) is 18.2 Å². The van der Waals surface area contributed by atoms with Crippen molar-refractivity contribution in [1.29, 1.82) is 0 Å². The quantitative estimate of drug-likeness (QED) is 0.686. The van der Waals surface area contributed by atoms with Gasteiger partial charge in [-0.25, -0.2) is 0 Å². The van der Waals surface area contributed by atoms with Gasteiger partial charge in [0, 0.05) is 12.5 Å². The van der Waals surface area contributed by atoms with E-state index >= 15 is 0 Å². The van der Waals surface area contributed by atoms with Gasteiger partial charge < -0.3 is 23.8 Å². The van der Waals surface area contributed by atoms with Crippen LogP contribution in [0.1, 0.15) is 12.8 Å². The van der Waals surface area contributed by atoms with Crippen molar-refractivity contribution >= 4 is 0 Å². The molecule has 0 unspecified atom stereocenters. The first-order valence-electron chi connectivity index (χ1n) is 8.63. The highest BCUT2D eigenvalue weighted by atomic mass is 16.7. The maximum Gasteiger partial charge on any atom is 0.160 e. The number of ether oxygens (including phenoxy) is 4. The zero-order chi connectivity index (χ0) is 15.7. The Labute approximate surface area is 138 Å². The second kappa shape index (κ2) is 9.23. The molecule has 0 spiro atoms. The predicted octanol–water partition coefficient (Wildman–Crippen LogP) is 2.17. The molecule has 2 heterocycles. The smallest absolute Gasteiger partial charge is 0.160 e. The van der Waals surface area contributed by atoms with Gasteiger partial charge in [-0.05, 0) is 38.1 Å². The zero-order valence-electron chi connectivity index (χ0n) is 13.7. The molecule has 0 atom stereocenters. The molecular formula is C18H27NO4. The van der Waals surface area contributed by atoms with Gasteiger partial charge in [0.25, 0.3) is 0 Å². The molecule has 0 aromatic heterocycles. The van der Waals surface area contributed by atoms with Crippen molar-refractivity contribution in [3.63, 3.8) is 0 Å². The topological polar surface area (TPSA) is 40.2 Å². The molecule has 0 radical (unpaired) electrons. The molecule has 0 bridgehead atoms. The summed E-state index contributed by atoms with van der Waals surface area (Å²) in [5.74, 6) is 1.46. The van der Waals surface area contributed by atoms with Gasteiger partial charge in [-0.15, -0.1) is 0 Å². The molecule has 5 nitrogen and oxygen atoms in total. The molecule has 2 aliphatic heterocycles. The lowest BCUT2D eigenvalue weighted by Gasteiger charge is -2.33. The van der Waals surface area contributed by atoms with Crippen molar-refractivity contribution in [1.82, 2.24) is 4.90 Å². The second-order valence-electron chi connectivity index (χ2n) is 6.06. The summed E-state index contributed by atoms with van der Waals surface area (Å²) < 4.78 is 22.5. The number of para-hydroxylation sites is 1. The summed E-state index contributed by atoms with van der Waals surface area (Å²) in [5.41, 5.74) is 0. The van der Waals surface area contributed by atoms with Crippen LogP contribution in [0.25, 0.3) is 0 Å². The van der Waals surface area contributed by atoms with Gasteiger partial charge in [0.1, 0.15) is 12.4 Å². The van der Waals surface area contributed by atoms with Crippen molar-refractivity contribution in [2.45, 2.75) is 19.1 Å². The molecule has 0 amide bonds. The third kappa shape index (κ3) is 5.46. The molecule has 23 heavy (non-hydrogen) atoms. The number of nitrogens with zero attached hydrogens (tertiary/aromatic N) is 1. The first-order valence-corrected chi connectivity index (χ1v) is 8.63. The zero-order valence-corrected chi connectivity index (χ0v) is 13.7. The molecule has 2 saturated heterocycles. The lowest BCUT2D eigenvalue weighted by atomic mass is 9.96. The predicted molar refractivity (Wildman–Crippen MR) is 87.6 cm³/mol. The van der Waals surface area contributed by atoms with Crippen molar-refractivity contribution in [3.05, 3.63) is 30.3 Å². The van der Waals surface area contributed by atoms with E-state index in [1.807, 2.05) is 30.3 Å². The Kier molecular flexibility index (Phi) is 6.70. The van der Waals surface area contributed by atoms with Crippen molar-refractivity contribution in [2.75, 3.05) is 52.7 Å². The average Bonchev–Trinajstić information content (AvgIpc) is 3.14. The maximum atomic E-state index is 5.67. The summed E-state index contributed by atoms with van der Waals surface area (Å²) in [7, 11) is 0.